The molecule has 9 nitrogen and oxygen atoms in total. The third-order valence-corrected chi connectivity index (χ3v) is 9.48. The second-order valence-corrected chi connectivity index (χ2v) is 12.5. The van der Waals surface area contributed by atoms with Gasteiger partial charge in [0, 0.05) is 37.2 Å². The largest absolute Gasteiger partial charge is 0.417 e. The number of nitrogens with two attached hydrogens (primary N) is 1. The lowest BCUT2D eigenvalue weighted by Crippen LogP contribution is -2.51. The number of rotatable bonds is 8. The van der Waals surface area contributed by atoms with Gasteiger partial charge in [0.25, 0.3) is 0 Å². The van der Waals surface area contributed by atoms with E-state index >= 15 is 0 Å². The number of alkyl halides is 3. The van der Waals surface area contributed by atoms with Gasteiger partial charge in [0.1, 0.15) is 29.7 Å². The molecule has 1 aromatic carbocycles. The molecule has 226 valence electrons. The van der Waals surface area contributed by atoms with Crippen molar-refractivity contribution in [2.75, 3.05) is 12.3 Å². The van der Waals surface area contributed by atoms with Crippen molar-refractivity contribution in [3.63, 3.8) is 0 Å². The summed E-state index contributed by atoms with van der Waals surface area (Å²) in [5, 5.41) is 22.4. The van der Waals surface area contributed by atoms with Gasteiger partial charge in [-0.1, -0.05) is 11.6 Å². The molecule has 6 rings (SSSR count). The van der Waals surface area contributed by atoms with Crippen molar-refractivity contribution in [1.29, 1.82) is 0 Å². The second kappa shape index (κ2) is 11.0. The molecule has 0 amide bonds. The SMILES string of the molecule is CC(C)N(CC1CC(n2ccc3c(N)ncnc32)C(O)C1O)C1CC(CCc2nc3cc(Cl)c(C(F)(F)F)cc3[nH]2)C1. The molecule has 3 aromatic heterocycles. The highest BCUT2D eigenvalue weighted by atomic mass is 35.5. The molecule has 0 bridgehead atoms. The molecule has 42 heavy (non-hydrogen) atoms. The average Bonchev–Trinajstić information content (AvgIpc) is 3.58. The minimum Gasteiger partial charge on any atom is -0.390 e. The van der Waals surface area contributed by atoms with Gasteiger partial charge < -0.3 is 25.5 Å². The van der Waals surface area contributed by atoms with Crippen LogP contribution in [0.1, 0.15) is 57.0 Å². The fraction of sp³-hybridized carbons (Fsp3) is 0.552. The predicted molar refractivity (Wildman–Crippen MR) is 154 cm³/mol. The van der Waals surface area contributed by atoms with E-state index in [0.29, 0.717) is 59.7 Å². The van der Waals surface area contributed by atoms with Crippen molar-refractivity contribution < 1.29 is 23.4 Å². The molecular weight excluding hydrogens is 571 g/mol. The van der Waals surface area contributed by atoms with E-state index in [4.69, 9.17) is 17.3 Å². The molecule has 0 saturated heterocycles. The first-order valence-corrected chi connectivity index (χ1v) is 14.7. The number of H-pyrrole nitrogens is 1. The number of imidazole rings is 1. The van der Waals surface area contributed by atoms with Crippen molar-refractivity contribution in [3.8, 4) is 0 Å². The Morgan fingerprint density at radius 1 is 1.17 bits per heavy atom. The Morgan fingerprint density at radius 3 is 2.64 bits per heavy atom. The first-order chi connectivity index (χ1) is 19.9. The van der Waals surface area contributed by atoms with Crippen LogP contribution in [-0.2, 0) is 12.6 Å². The zero-order valence-electron chi connectivity index (χ0n) is 23.4. The molecule has 0 radical (unpaired) electrons. The van der Waals surface area contributed by atoms with Gasteiger partial charge in [-0.05, 0) is 63.6 Å². The smallest absolute Gasteiger partial charge is 0.390 e. The number of hydrogen-bond donors (Lipinski definition) is 4. The summed E-state index contributed by atoms with van der Waals surface area (Å²) < 4.78 is 41.5. The van der Waals surface area contributed by atoms with Crippen molar-refractivity contribution in [2.45, 2.75) is 82.5 Å². The van der Waals surface area contributed by atoms with E-state index in [1.165, 1.54) is 12.4 Å². The maximum Gasteiger partial charge on any atom is 0.417 e. The number of nitrogens with zero attached hydrogens (tertiary/aromatic N) is 5. The number of nitrogen functional groups attached to an aromatic ring is 1. The molecule has 5 N–H and O–H groups in total. The van der Waals surface area contributed by atoms with Crippen molar-refractivity contribution in [2.24, 2.45) is 11.8 Å². The Morgan fingerprint density at radius 2 is 1.93 bits per heavy atom. The lowest BCUT2D eigenvalue weighted by atomic mass is 9.76. The first kappa shape index (κ1) is 29.2. The highest BCUT2D eigenvalue weighted by Crippen LogP contribution is 2.42. The van der Waals surface area contributed by atoms with Gasteiger partial charge in [0.15, 0.2) is 0 Å². The van der Waals surface area contributed by atoms with Crippen LogP contribution in [0.15, 0.2) is 30.7 Å². The highest BCUT2D eigenvalue weighted by Gasteiger charge is 2.45. The summed E-state index contributed by atoms with van der Waals surface area (Å²) in [7, 11) is 0. The van der Waals surface area contributed by atoms with E-state index in [9.17, 15) is 23.4 Å². The molecule has 4 unspecified atom stereocenters. The fourth-order valence-corrected chi connectivity index (χ4v) is 7.10. The summed E-state index contributed by atoms with van der Waals surface area (Å²) in [6, 6.07) is 4.44. The number of nitrogens with one attached hydrogen (secondary N) is 1. The monoisotopic (exact) mass is 605 g/mol. The van der Waals surface area contributed by atoms with E-state index in [1.54, 1.807) is 0 Å². The summed E-state index contributed by atoms with van der Waals surface area (Å²) in [4.78, 5) is 18.3. The molecule has 3 heterocycles. The number of benzene rings is 1. The summed E-state index contributed by atoms with van der Waals surface area (Å²) in [5.41, 5.74) is 6.53. The van der Waals surface area contributed by atoms with E-state index in [1.807, 2.05) is 16.8 Å². The Kier molecular flexibility index (Phi) is 7.61. The van der Waals surface area contributed by atoms with Gasteiger partial charge in [-0.15, -0.1) is 0 Å². The molecule has 4 aromatic rings. The van der Waals surface area contributed by atoms with Gasteiger partial charge in [-0.25, -0.2) is 15.0 Å². The quantitative estimate of drug-likeness (QED) is 0.223. The number of hydrogen-bond acceptors (Lipinski definition) is 7. The second-order valence-electron chi connectivity index (χ2n) is 12.1. The van der Waals surface area contributed by atoms with Crippen LogP contribution in [0.25, 0.3) is 22.1 Å². The molecule has 2 aliphatic rings. The number of aliphatic hydroxyl groups excluding tert-OH is 2. The fourth-order valence-electron chi connectivity index (χ4n) is 6.83. The minimum absolute atomic E-state index is 0.105. The third kappa shape index (κ3) is 5.34. The van der Waals surface area contributed by atoms with Gasteiger partial charge >= 0.3 is 6.18 Å². The number of anilines is 1. The molecule has 2 fully saturated rings. The zero-order valence-corrected chi connectivity index (χ0v) is 24.1. The molecular formula is C29H35ClF3N7O2. The van der Waals surface area contributed by atoms with E-state index < -0.39 is 23.9 Å². The number of aromatic nitrogens is 5. The van der Waals surface area contributed by atoms with Gasteiger partial charge in [0.2, 0.25) is 0 Å². The summed E-state index contributed by atoms with van der Waals surface area (Å²) in [5.74, 6) is 1.41. The van der Waals surface area contributed by atoms with Crippen LogP contribution >= 0.6 is 11.6 Å². The van der Waals surface area contributed by atoms with Crippen LogP contribution in [0.3, 0.4) is 0 Å². The molecule has 2 saturated carbocycles. The molecule has 0 spiro atoms. The van der Waals surface area contributed by atoms with Gasteiger partial charge in [-0.2, -0.15) is 13.2 Å². The standard InChI is InChI=1S/C29H35ClF3N7O2/c1-14(2)40(12-16-9-23(26(42)25(16)41)39-6-5-18-27(34)35-13-36-28(18)39)17-7-15(8-17)3-4-24-37-21-10-19(29(31,32)33)20(30)11-22(21)38-24/h5-6,10-11,13-17,23,25-26,41-42H,3-4,7-9,12H2,1-2H3,(H,37,38)(H2,34,35,36). The van der Waals surface area contributed by atoms with Crippen LogP contribution in [0, 0.1) is 11.8 Å². The number of aromatic amines is 1. The minimum atomic E-state index is -4.52. The predicted octanol–water partition coefficient (Wildman–Crippen LogP) is 4.97. The zero-order chi connectivity index (χ0) is 29.9. The molecule has 2 aliphatic carbocycles. The summed E-state index contributed by atoms with van der Waals surface area (Å²) in [6.45, 7) is 4.97. The Balaban J connectivity index is 1.06. The Bertz CT molecular complexity index is 1580. The van der Waals surface area contributed by atoms with E-state index in [0.717, 1.165) is 30.7 Å². The molecule has 4 atom stereocenters. The Hall–Kier alpha value is -2.93. The van der Waals surface area contributed by atoms with Crippen LogP contribution < -0.4 is 5.73 Å². The maximum atomic E-state index is 13.2. The van der Waals surface area contributed by atoms with Crippen molar-refractivity contribution >= 4 is 39.5 Å². The van der Waals surface area contributed by atoms with E-state index in [-0.39, 0.29) is 23.0 Å². The van der Waals surface area contributed by atoms with Crippen LogP contribution in [0.5, 0.6) is 0 Å². The molecule has 0 aliphatic heterocycles. The lowest BCUT2D eigenvalue weighted by Gasteiger charge is -2.46. The van der Waals surface area contributed by atoms with Crippen molar-refractivity contribution in [3.05, 3.63) is 47.1 Å². The average molecular weight is 606 g/mol. The summed E-state index contributed by atoms with van der Waals surface area (Å²) >= 11 is 5.85. The topological polar surface area (TPSA) is 129 Å². The van der Waals surface area contributed by atoms with Crippen LogP contribution in [0.2, 0.25) is 5.02 Å². The van der Waals surface area contributed by atoms with Crippen LogP contribution in [-0.4, -0.2) is 70.5 Å². The number of halogens is 4. The van der Waals surface area contributed by atoms with Crippen molar-refractivity contribution in [1.82, 2.24) is 29.4 Å². The van der Waals surface area contributed by atoms with Crippen LogP contribution in [0.4, 0.5) is 19.0 Å². The Labute approximate surface area is 245 Å². The number of aryl methyl sites for hydroxylation is 1. The first-order valence-electron chi connectivity index (χ1n) is 14.3. The van der Waals surface area contributed by atoms with E-state index in [2.05, 4.69) is 38.7 Å². The highest BCUT2D eigenvalue weighted by molar-refractivity contribution is 6.32. The summed E-state index contributed by atoms with van der Waals surface area (Å²) in [6.07, 6.45) is 1.08. The third-order valence-electron chi connectivity index (χ3n) is 9.17. The molecule has 13 heteroatoms. The normalized spacial score (nSPS) is 26.6. The number of aliphatic hydroxyl groups is 2. The van der Waals surface area contributed by atoms with Gasteiger partial charge in [0.05, 0.1) is 39.2 Å². The van der Waals surface area contributed by atoms with Gasteiger partial charge in [-0.3, -0.25) is 4.90 Å². The maximum absolute atomic E-state index is 13.2. The lowest BCUT2D eigenvalue weighted by molar-refractivity contribution is -0.137. The number of fused-ring (bicyclic) bond motifs is 2.